The highest BCUT2D eigenvalue weighted by molar-refractivity contribution is 5.85. The van der Waals surface area contributed by atoms with Crippen LogP contribution in [0.5, 0.6) is 0 Å². The summed E-state index contributed by atoms with van der Waals surface area (Å²) >= 11 is 0. The second kappa shape index (κ2) is 4.13. The molecule has 1 heterocycles. The Morgan fingerprint density at radius 1 is 1.62 bits per heavy atom. The summed E-state index contributed by atoms with van der Waals surface area (Å²) in [5.41, 5.74) is 0. The Hall–Kier alpha value is 0.210. The van der Waals surface area contributed by atoms with Crippen LogP contribution in [0, 0.1) is 5.92 Å². The second-order valence-corrected chi connectivity index (χ2v) is 2.04. The molecule has 1 atom stereocenters. The number of aliphatic hydroxyl groups excluding tert-OH is 1. The van der Waals surface area contributed by atoms with Crippen LogP contribution < -0.4 is 5.32 Å². The average molecular weight is 138 g/mol. The van der Waals surface area contributed by atoms with Gasteiger partial charge in [0.05, 0.1) is 0 Å². The molecular formula is C5H12ClNO. The molecule has 0 aromatic carbocycles. The molecule has 1 rings (SSSR count). The largest absolute Gasteiger partial charge is 0.396 e. The van der Waals surface area contributed by atoms with Gasteiger partial charge >= 0.3 is 0 Å². The van der Waals surface area contributed by atoms with E-state index in [1.807, 2.05) is 0 Å². The topological polar surface area (TPSA) is 32.3 Å². The average Bonchev–Trinajstić information content (AvgIpc) is 2.14. The Bertz CT molecular complexity index is 54.4. The lowest BCUT2D eigenvalue weighted by atomic mass is 10.1. The predicted octanol–water partition coefficient (Wildman–Crippen LogP) is 0.01000. The minimum absolute atomic E-state index is 0. The number of halogens is 1. The smallest absolute Gasteiger partial charge is 0.0471 e. The fourth-order valence-corrected chi connectivity index (χ4v) is 0.870. The Balaban J connectivity index is 0.000000490. The van der Waals surface area contributed by atoms with Crippen LogP contribution in [0.15, 0.2) is 0 Å². The normalized spacial score (nSPS) is 27.4. The summed E-state index contributed by atoms with van der Waals surface area (Å²) in [6.07, 6.45) is 1.15. The molecule has 50 valence electrons. The molecule has 3 heteroatoms. The lowest BCUT2D eigenvalue weighted by molar-refractivity contribution is 0.237. The van der Waals surface area contributed by atoms with E-state index in [1.54, 1.807) is 0 Å². The third-order valence-electron chi connectivity index (χ3n) is 1.42. The zero-order valence-corrected chi connectivity index (χ0v) is 5.58. The minimum atomic E-state index is 0. The van der Waals surface area contributed by atoms with Crippen LogP contribution in [-0.4, -0.2) is 24.8 Å². The van der Waals surface area contributed by atoms with Gasteiger partial charge in [0.2, 0.25) is 0 Å². The summed E-state index contributed by atoms with van der Waals surface area (Å²) in [6.45, 7) is 2.45. The summed E-state index contributed by atoms with van der Waals surface area (Å²) in [7, 11) is 0. The molecule has 1 aliphatic heterocycles. The lowest BCUT2D eigenvalue weighted by Crippen LogP contribution is -2.11. The van der Waals surface area contributed by atoms with E-state index in [-0.39, 0.29) is 12.4 Å². The van der Waals surface area contributed by atoms with Gasteiger partial charge in [-0.3, -0.25) is 0 Å². The first kappa shape index (κ1) is 8.21. The maximum Gasteiger partial charge on any atom is 0.0471 e. The van der Waals surface area contributed by atoms with Crippen molar-refractivity contribution in [2.24, 2.45) is 5.92 Å². The number of rotatable bonds is 1. The highest BCUT2D eigenvalue weighted by Crippen LogP contribution is 2.03. The first-order valence-electron chi connectivity index (χ1n) is 2.75. The molecule has 0 aromatic rings. The van der Waals surface area contributed by atoms with Crippen molar-refractivity contribution in [1.29, 1.82) is 0 Å². The fraction of sp³-hybridized carbons (Fsp3) is 1.00. The van der Waals surface area contributed by atoms with Crippen molar-refractivity contribution in [2.45, 2.75) is 6.42 Å². The summed E-state index contributed by atoms with van der Waals surface area (Å²) < 4.78 is 0. The van der Waals surface area contributed by atoms with E-state index in [1.165, 1.54) is 0 Å². The molecule has 0 amide bonds. The first-order valence-corrected chi connectivity index (χ1v) is 2.75. The molecule has 8 heavy (non-hydrogen) atoms. The Morgan fingerprint density at radius 3 is 2.62 bits per heavy atom. The van der Waals surface area contributed by atoms with Gasteiger partial charge in [0.1, 0.15) is 0 Å². The van der Waals surface area contributed by atoms with E-state index in [4.69, 9.17) is 5.11 Å². The van der Waals surface area contributed by atoms with Crippen LogP contribution in [0.1, 0.15) is 6.42 Å². The highest BCUT2D eigenvalue weighted by atomic mass is 35.5. The molecule has 0 saturated carbocycles. The maximum atomic E-state index is 8.53. The van der Waals surface area contributed by atoms with E-state index in [0.717, 1.165) is 19.5 Å². The van der Waals surface area contributed by atoms with Crippen molar-refractivity contribution in [3.8, 4) is 0 Å². The predicted molar refractivity (Wildman–Crippen MR) is 35.3 cm³/mol. The van der Waals surface area contributed by atoms with Crippen LogP contribution in [0.3, 0.4) is 0 Å². The van der Waals surface area contributed by atoms with Gasteiger partial charge in [-0.1, -0.05) is 0 Å². The summed E-state index contributed by atoms with van der Waals surface area (Å²) in [4.78, 5) is 0. The lowest BCUT2D eigenvalue weighted by Gasteiger charge is -1.98. The molecule has 1 unspecified atom stereocenters. The monoisotopic (exact) mass is 137 g/mol. The Labute approximate surface area is 55.7 Å². The van der Waals surface area contributed by atoms with Crippen molar-refractivity contribution in [3.05, 3.63) is 0 Å². The van der Waals surface area contributed by atoms with Crippen molar-refractivity contribution in [1.82, 2.24) is 5.32 Å². The van der Waals surface area contributed by atoms with Gasteiger partial charge in [-0.05, 0) is 18.9 Å². The van der Waals surface area contributed by atoms with E-state index in [9.17, 15) is 0 Å². The van der Waals surface area contributed by atoms with Crippen molar-refractivity contribution in [3.63, 3.8) is 0 Å². The van der Waals surface area contributed by atoms with Gasteiger partial charge in [-0.2, -0.15) is 0 Å². The SMILES string of the molecule is Cl.OCC1CCNC1. The zero-order chi connectivity index (χ0) is 5.11. The Morgan fingerprint density at radius 2 is 2.38 bits per heavy atom. The number of aliphatic hydroxyl groups is 1. The van der Waals surface area contributed by atoms with Gasteiger partial charge in [0, 0.05) is 13.2 Å². The third kappa shape index (κ3) is 1.99. The highest BCUT2D eigenvalue weighted by Gasteiger charge is 2.11. The van der Waals surface area contributed by atoms with Crippen LogP contribution in [0.4, 0.5) is 0 Å². The fourth-order valence-electron chi connectivity index (χ4n) is 0.870. The molecule has 0 radical (unpaired) electrons. The first-order chi connectivity index (χ1) is 3.43. The molecule has 0 bridgehead atoms. The maximum absolute atomic E-state index is 8.53. The molecule has 2 N–H and O–H groups in total. The van der Waals surface area contributed by atoms with E-state index in [0.29, 0.717) is 12.5 Å². The molecule has 0 aromatic heterocycles. The molecule has 0 spiro atoms. The van der Waals surface area contributed by atoms with Gasteiger partial charge in [-0.15, -0.1) is 12.4 Å². The second-order valence-electron chi connectivity index (χ2n) is 2.04. The van der Waals surface area contributed by atoms with E-state index in [2.05, 4.69) is 5.32 Å². The number of nitrogens with one attached hydrogen (secondary N) is 1. The minimum Gasteiger partial charge on any atom is -0.396 e. The van der Waals surface area contributed by atoms with Crippen LogP contribution in [0.25, 0.3) is 0 Å². The van der Waals surface area contributed by atoms with Crippen LogP contribution in [-0.2, 0) is 0 Å². The molecule has 1 aliphatic rings. The van der Waals surface area contributed by atoms with Crippen LogP contribution >= 0.6 is 12.4 Å². The summed E-state index contributed by atoms with van der Waals surface area (Å²) in [6, 6.07) is 0. The number of hydrogen-bond acceptors (Lipinski definition) is 2. The van der Waals surface area contributed by atoms with Crippen molar-refractivity contribution < 1.29 is 5.11 Å². The standard InChI is InChI=1S/C5H11NO.ClH/c7-4-5-1-2-6-3-5;/h5-7H,1-4H2;1H. The van der Waals surface area contributed by atoms with Crippen LogP contribution in [0.2, 0.25) is 0 Å². The number of hydrogen-bond donors (Lipinski definition) is 2. The van der Waals surface area contributed by atoms with Gasteiger partial charge in [0.25, 0.3) is 0 Å². The molecule has 1 fully saturated rings. The van der Waals surface area contributed by atoms with Gasteiger partial charge < -0.3 is 10.4 Å². The molecule has 1 saturated heterocycles. The summed E-state index contributed by atoms with van der Waals surface area (Å²) in [5, 5.41) is 11.7. The zero-order valence-electron chi connectivity index (χ0n) is 4.76. The Kier molecular flexibility index (Phi) is 4.23. The van der Waals surface area contributed by atoms with E-state index >= 15 is 0 Å². The van der Waals surface area contributed by atoms with Gasteiger partial charge in [-0.25, -0.2) is 0 Å². The van der Waals surface area contributed by atoms with E-state index < -0.39 is 0 Å². The molecule has 2 nitrogen and oxygen atoms in total. The van der Waals surface area contributed by atoms with Gasteiger partial charge in [0.15, 0.2) is 0 Å². The quantitative estimate of drug-likeness (QED) is 0.534. The van der Waals surface area contributed by atoms with Crippen molar-refractivity contribution in [2.75, 3.05) is 19.7 Å². The summed E-state index contributed by atoms with van der Waals surface area (Å²) in [5.74, 6) is 0.542. The molecule has 0 aliphatic carbocycles. The third-order valence-corrected chi connectivity index (χ3v) is 1.42. The van der Waals surface area contributed by atoms with Crippen molar-refractivity contribution >= 4 is 12.4 Å². The molecular weight excluding hydrogens is 126 g/mol.